The number of rotatable bonds is 4. The summed E-state index contributed by atoms with van der Waals surface area (Å²) in [7, 11) is 0. The Morgan fingerprint density at radius 2 is 1.76 bits per heavy atom. The Kier molecular flexibility index (Phi) is 5.59. The van der Waals surface area contributed by atoms with Crippen molar-refractivity contribution in [3.63, 3.8) is 0 Å². The molecule has 3 rings (SSSR count). The maximum atomic E-state index is 13.0. The maximum Gasteiger partial charge on any atom is 0.294 e. The van der Waals surface area contributed by atoms with E-state index in [2.05, 4.69) is 20.8 Å². The van der Waals surface area contributed by atoms with Gasteiger partial charge in [0.15, 0.2) is 11.5 Å². The average Bonchev–Trinajstić information content (AvgIpc) is 2.94. The topological polar surface area (TPSA) is 57.6 Å². The monoisotopic (exact) mass is 411 g/mol. The minimum atomic E-state index is -0.692. The highest BCUT2D eigenvalue weighted by atomic mass is 35.5. The van der Waals surface area contributed by atoms with Gasteiger partial charge in [0.2, 0.25) is 0 Å². The Bertz CT molecular complexity index is 1000. The summed E-state index contributed by atoms with van der Waals surface area (Å²) in [4.78, 5) is 27.1. The van der Waals surface area contributed by atoms with E-state index in [4.69, 9.17) is 11.6 Å². The quantitative estimate of drug-likeness (QED) is 0.689. The second-order valence-corrected chi connectivity index (χ2v) is 8.83. The molecule has 0 fully saturated rings. The second kappa shape index (κ2) is 7.68. The molecule has 1 heterocycles. The van der Waals surface area contributed by atoms with Crippen molar-refractivity contribution in [3.8, 4) is 0 Å². The van der Waals surface area contributed by atoms with Crippen molar-refractivity contribution in [2.75, 3.05) is 4.90 Å². The number of nitrogens with zero attached hydrogens (tertiary/aromatic N) is 1. The van der Waals surface area contributed by atoms with Crippen LogP contribution in [-0.2, 0) is 15.0 Å². The highest BCUT2D eigenvalue weighted by Crippen LogP contribution is 2.42. The number of aliphatic hydroxyl groups is 1. The number of Topliss-reactive ketones (excluding diaryl/α,β-unsaturated/α-hetero) is 1. The Labute approximate surface area is 176 Å². The fourth-order valence-electron chi connectivity index (χ4n) is 3.56. The Balaban J connectivity index is 2.16. The zero-order chi connectivity index (χ0) is 21.5. The van der Waals surface area contributed by atoms with Crippen molar-refractivity contribution in [1.82, 2.24) is 0 Å². The number of carbonyl (C=O) groups excluding carboxylic acids is 2. The first-order chi connectivity index (χ1) is 13.6. The highest BCUT2D eigenvalue weighted by molar-refractivity contribution is 6.31. The van der Waals surface area contributed by atoms with Gasteiger partial charge in [-0.05, 0) is 41.2 Å². The summed E-state index contributed by atoms with van der Waals surface area (Å²) in [5.74, 6) is -1.33. The van der Waals surface area contributed by atoms with Crippen LogP contribution in [0.5, 0.6) is 0 Å². The van der Waals surface area contributed by atoms with E-state index in [1.54, 1.807) is 19.1 Å². The molecule has 4 nitrogen and oxygen atoms in total. The first-order valence-electron chi connectivity index (χ1n) is 9.72. The van der Waals surface area contributed by atoms with E-state index in [9.17, 15) is 14.7 Å². The van der Waals surface area contributed by atoms with Crippen LogP contribution >= 0.6 is 11.6 Å². The molecule has 0 spiro atoms. The van der Waals surface area contributed by atoms with Gasteiger partial charge in [0, 0.05) is 17.1 Å². The van der Waals surface area contributed by atoms with E-state index in [-0.39, 0.29) is 23.2 Å². The standard InChI is InChI=1S/C24H26ClNO3/c1-6-19(27)20-21(15-8-10-16(11-9-15)24(3,4)5)26(23(29)22(20)28)17-12-7-14(2)18(25)13-17/h7-13,21,28H,6H2,1-5H3. The minimum absolute atomic E-state index is 0.0196. The Morgan fingerprint density at radius 3 is 2.28 bits per heavy atom. The number of aryl methyl sites for hydroxylation is 1. The van der Waals surface area contributed by atoms with Gasteiger partial charge in [0.25, 0.3) is 5.91 Å². The van der Waals surface area contributed by atoms with Gasteiger partial charge in [-0.1, -0.05) is 69.6 Å². The van der Waals surface area contributed by atoms with Crippen molar-refractivity contribution >= 4 is 29.0 Å². The second-order valence-electron chi connectivity index (χ2n) is 8.42. The summed E-state index contributed by atoms with van der Waals surface area (Å²) in [6.45, 7) is 9.97. The molecule has 1 unspecified atom stereocenters. The lowest BCUT2D eigenvalue weighted by atomic mass is 9.85. The van der Waals surface area contributed by atoms with Gasteiger partial charge in [-0.25, -0.2) is 0 Å². The third kappa shape index (κ3) is 3.82. The van der Waals surface area contributed by atoms with Crippen molar-refractivity contribution in [2.24, 2.45) is 0 Å². The number of ketones is 1. The summed E-state index contributed by atoms with van der Waals surface area (Å²) < 4.78 is 0. The molecule has 1 aliphatic heterocycles. The maximum absolute atomic E-state index is 13.0. The number of halogens is 1. The van der Waals surface area contributed by atoms with Crippen LogP contribution in [0.2, 0.25) is 5.02 Å². The molecule has 1 aliphatic rings. The normalized spacial score (nSPS) is 17.2. The van der Waals surface area contributed by atoms with Crippen LogP contribution < -0.4 is 4.90 Å². The fraction of sp³-hybridized carbons (Fsp3) is 0.333. The molecular formula is C24H26ClNO3. The third-order valence-corrected chi connectivity index (χ3v) is 5.76. The number of amides is 1. The van der Waals surface area contributed by atoms with E-state index in [0.29, 0.717) is 10.7 Å². The lowest BCUT2D eigenvalue weighted by Gasteiger charge is -2.28. The largest absolute Gasteiger partial charge is 0.503 e. The van der Waals surface area contributed by atoms with Crippen LogP contribution in [0.3, 0.4) is 0 Å². The summed E-state index contributed by atoms with van der Waals surface area (Å²) in [6, 6.07) is 12.4. The van der Waals surface area contributed by atoms with Crippen LogP contribution in [0.25, 0.3) is 0 Å². The molecule has 0 aromatic heterocycles. The van der Waals surface area contributed by atoms with Crippen molar-refractivity contribution in [1.29, 1.82) is 0 Å². The lowest BCUT2D eigenvalue weighted by Crippen LogP contribution is -2.31. The van der Waals surface area contributed by atoms with Crippen molar-refractivity contribution < 1.29 is 14.7 Å². The van der Waals surface area contributed by atoms with Gasteiger partial charge in [-0.2, -0.15) is 0 Å². The van der Waals surface area contributed by atoms with Crippen LogP contribution in [0.15, 0.2) is 53.8 Å². The Hall–Kier alpha value is -2.59. The van der Waals surface area contributed by atoms with Crippen LogP contribution in [0.1, 0.15) is 56.8 Å². The van der Waals surface area contributed by atoms with Crippen LogP contribution in [0, 0.1) is 6.92 Å². The van der Waals surface area contributed by atoms with Gasteiger partial charge < -0.3 is 5.11 Å². The molecule has 1 amide bonds. The zero-order valence-corrected chi connectivity index (χ0v) is 18.2. The first kappa shape index (κ1) is 21.1. The van der Waals surface area contributed by atoms with Gasteiger partial charge in [0.05, 0.1) is 11.6 Å². The Morgan fingerprint density at radius 1 is 1.14 bits per heavy atom. The minimum Gasteiger partial charge on any atom is -0.503 e. The fourth-order valence-corrected chi connectivity index (χ4v) is 3.73. The molecule has 0 aliphatic carbocycles. The van der Waals surface area contributed by atoms with E-state index in [1.807, 2.05) is 37.3 Å². The molecule has 0 bridgehead atoms. The molecule has 0 saturated heterocycles. The number of aliphatic hydroxyl groups excluding tert-OH is 1. The van der Waals surface area contributed by atoms with Gasteiger partial charge in [0.1, 0.15) is 0 Å². The van der Waals surface area contributed by atoms with Crippen LogP contribution in [-0.4, -0.2) is 16.8 Å². The smallest absolute Gasteiger partial charge is 0.294 e. The molecule has 1 N–H and O–H groups in total. The number of carbonyl (C=O) groups is 2. The van der Waals surface area contributed by atoms with Gasteiger partial charge >= 0.3 is 0 Å². The molecule has 0 radical (unpaired) electrons. The summed E-state index contributed by atoms with van der Waals surface area (Å²) >= 11 is 6.29. The summed E-state index contributed by atoms with van der Waals surface area (Å²) in [5.41, 5.74) is 3.46. The van der Waals surface area contributed by atoms with E-state index < -0.39 is 17.7 Å². The molecular weight excluding hydrogens is 386 g/mol. The predicted octanol–water partition coefficient (Wildman–Crippen LogP) is 5.83. The summed E-state index contributed by atoms with van der Waals surface area (Å²) in [6.07, 6.45) is 0.200. The zero-order valence-electron chi connectivity index (χ0n) is 17.4. The van der Waals surface area contributed by atoms with E-state index >= 15 is 0 Å². The molecule has 29 heavy (non-hydrogen) atoms. The van der Waals surface area contributed by atoms with Crippen molar-refractivity contribution in [2.45, 2.75) is 52.5 Å². The SMILES string of the molecule is CCC(=O)C1=C(O)C(=O)N(c2ccc(C)c(Cl)c2)C1c1ccc(C(C)(C)C)cc1. The van der Waals surface area contributed by atoms with E-state index in [1.165, 1.54) is 4.90 Å². The third-order valence-electron chi connectivity index (χ3n) is 5.36. The van der Waals surface area contributed by atoms with Crippen LogP contribution in [0.4, 0.5) is 5.69 Å². The molecule has 2 aromatic carbocycles. The number of hydrogen-bond acceptors (Lipinski definition) is 3. The lowest BCUT2D eigenvalue weighted by molar-refractivity contribution is -0.118. The summed E-state index contributed by atoms with van der Waals surface area (Å²) in [5, 5.41) is 11.1. The number of benzene rings is 2. The number of hydrogen-bond donors (Lipinski definition) is 1. The average molecular weight is 412 g/mol. The first-order valence-corrected chi connectivity index (χ1v) is 10.1. The molecule has 5 heteroatoms. The van der Waals surface area contributed by atoms with Crippen molar-refractivity contribution in [3.05, 3.63) is 75.5 Å². The highest BCUT2D eigenvalue weighted by Gasteiger charge is 2.44. The number of anilines is 1. The van der Waals surface area contributed by atoms with E-state index in [0.717, 1.165) is 16.7 Å². The molecule has 2 aromatic rings. The molecule has 152 valence electrons. The van der Waals surface area contributed by atoms with Gasteiger partial charge in [-0.15, -0.1) is 0 Å². The molecule has 1 atom stereocenters. The predicted molar refractivity (Wildman–Crippen MR) is 117 cm³/mol. The molecule has 0 saturated carbocycles. The van der Waals surface area contributed by atoms with Gasteiger partial charge in [-0.3, -0.25) is 14.5 Å².